The first-order chi connectivity index (χ1) is 16.1. The monoisotopic (exact) mass is 441 g/mol. The number of pyridine rings is 1. The third-order valence-corrected chi connectivity index (χ3v) is 6.34. The molecule has 2 aromatic carbocycles. The van der Waals surface area contributed by atoms with E-state index in [4.69, 9.17) is 0 Å². The minimum Gasteiger partial charge on any atom is -0.322 e. The molecule has 0 atom stereocenters. The summed E-state index contributed by atoms with van der Waals surface area (Å²) in [4.78, 5) is 34.3. The number of nitrogens with one attached hydrogen (secondary N) is 2. The Morgan fingerprint density at radius 2 is 1.85 bits per heavy atom. The molecule has 0 saturated carbocycles. The second kappa shape index (κ2) is 9.03. The van der Waals surface area contributed by atoms with Crippen LogP contribution in [0.15, 0.2) is 65.6 Å². The van der Waals surface area contributed by atoms with Gasteiger partial charge in [-0.1, -0.05) is 24.3 Å². The Hall–Kier alpha value is -3.71. The van der Waals surface area contributed by atoms with E-state index in [0.29, 0.717) is 11.2 Å². The third-order valence-electron chi connectivity index (χ3n) is 6.34. The molecule has 1 aliphatic rings. The standard InChI is InChI=1S/C26H27N5O2/c1-30-23-16-21(17-27-24(23)29-26(30)33)19-5-4-6-20(15-19)25(32)28-22-9-7-18(8-10-22)11-14-31-12-2-3-13-31/h4-10,15-17H,2-3,11-14H2,1H3,(H,28,32)(H,27,29,33). The van der Waals surface area contributed by atoms with Gasteiger partial charge in [-0.25, -0.2) is 9.78 Å². The summed E-state index contributed by atoms with van der Waals surface area (Å²) in [6.07, 6.45) is 5.35. The number of aromatic nitrogens is 3. The highest BCUT2D eigenvalue weighted by Crippen LogP contribution is 2.23. The molecule has 1 aliphatic heterocycles. The summed E-state index contributed by atoms with van der Waals surface area (Å²) in [5, 5.41) is 2.99. The Kier molecular flexibility index (Phi) is 5.79. The SMILES string of the molecule is Cn1c(=O)[nH]c2ncc(-c3cccc(C(=O)Nc4ccc(CCN5CCCC5)cc4)c3)cc21. The van der Waals surface area contributed by atoms with Crippen molar-refractivity contribution in [1.29, 1.82) is 0 Å². The van der Waals surface area contributed by atoms with E-state index < -0.39 is 0 Å². The molecule has 3 heterocycles. The summed E-state index contributed by atoms with van der Waals surface area (Å²) in [7, 11) is 1.70. The van der Waals surface area contributed by atoms with Gasteiger partial charge in [-0.05, 0) is 73.8 Å². The van der Waals surface area contributed by atoms with Crippen LogP contribution in [-0.4, -0.2) is 45.0 Å². The normalized spacial score (nSPS) is 14.1. The summed E-state index contributed by atoms with van der Waals surface area (Å²) in [5.41, 5.74) is 5.39. The zero-order valence-electron chi connectivity index (χ0n) is 18.7. The van der Waals surface area contributed by atoms with Crippen LogP contribution >= 0.6 is 0 Å². The van der Waals surface area contributed by atoms with Crippen LogP contribution in [0, 0.1) is 0 Å². The van der Waals surface area contributed by atoms with Gasteiger partial charge in [-0.15, -0.1) is 0 Å². The van der Waals surface area contributed by atoms with E-state index in [0.717, 1.165) is 35.3 Å². The number of imidazole rings is 1. The number of benzene rings is 2. The lowest BCUT2D eigenvalue weighted by atomic mass is 10.0. The summed E-state index contributed by atoms with van der Waals surface area (Å²) >= 11 is 0. The predicted molar refractivity (Wildman–Crippen MR) is 131 cm³/mol. The molecule has 0 unspecified atom stereocenters. The van der Waals surface area contributed by atoms with Crippen LogP contribution in [0.3, 0.4) is 0 Å². The van der Waals surface area contributed by atoms with Crippen LogP contribution < -0.4 is 11.0 Å². The molecule has 5 rings (SSSR count). The molecule has 168 valence electrons. The number of aryl methyl sites for hydroxylation is 1. The van der Waals surface area contributed by atoms with Crippen LogP contribution in [-0.2, 0) is 13.5 Å². The fourth-order valence-electron chi connectivity index (χ4n) is 4.35. The number of carbonyl (C=O) groups excluding carboxylic acids is 1. The van der Waals surface area contributed by atoms with E-state index in [2.05, 4.69) is 32.3 Å². The van der Waals surface area contributed by atoms with Gasteiger partial charge in [0.1, 0.15) is 0 Å². The highest BCUT2D eigenvalue weighted by Gasteiger charge is 2.12. The summed E-state index contributed by atoms with van der Waals surface area (Å²) < 4.78 is 1.52. The predicted octanol–water partition coefficient (Wildman–Crippen LogP) is 3.82. The van der Waals surface area contributed by atoms with Crippen LogP contribution in [0.5, 0.6) is 0 Å². The molecule has 1 fully saturated rings. The van der Waals surface area contributed by atoms with Gasteiger partial charge < -0.3 is 10.2 Å². The average molecular weight is 442 g/mol. The third kappa shape index (κ3) is 4.59. The number of amides is 1. The lowest BCUT2D eigenvalue weighted by Gasteiger charge is -2.14. The minimum atomic E-state index is -0.204. The molecular weight excluding hydrogens is 414 g/mol. The number of rotatable bonds is 6. The first-order valence-corrected chi connectivity index (χ1v) is 11.3. The second-order valence-electron chi connectivity index (χ2n) is 8.61. The number of hydrogen-bond acceptors (Lipinski definition) is 4. The van der Waals surface area contributed by atoms with Crippen molar-refractivity contribution in [2.24, 2.45) is 7.05 Å². The van der Waals surface area contributed by atoms with Crippen LogP contribution in [0.4, 0.5) is 5.69 Å². The van der Waals surface area contributed by atoms with E-state index in [1.807, 2.05) is 36.4 Å². The lowest BCUT2D eigenvalue weighted by Crippen LogP contribution is -2.21. The van der Waals surface area contributed by atoms with E-state index in [1.165, 1.54) is 36.1 Å². The number of fused-ring (bicyclic) bond motifs is 1. The molecule has 0 radical (unpaired) electrons. The van der Waals surface area contributed by atoms with Crippen molar-refractivity contribution in [2.75, 3.05) is 25.0 Å². The molecule has 1 amide bonds. The van der Waals surface area contributed by atoms with Gasteiger partial charge in [0.05, 0.1) is 5.52 Å². The molecule has 7 nitrogen and oxygen atoms in total. The van der Waals surface area contributed by atoms with Crippen molar-refractivity contribution in [3.8, 4) is 11.1 Å². The highest BCUT2D eigenvalue weighted by molar-refractivity contribution is 6.05. The molecular formula is C26H27N5O2. The fraction of sp³-hybridized carbons (Fsp3) is 0.269. The molecule has 4 aromatic rings. The van der Waals surface area contributed by atoms with Gasteiger partial charge in [-0.2, -0.15) is 0 Å². The summed E-state index contributed by atoms with van der Waals surface area (Å²) in [5.74, 6) is -0.162. The van der Waals surface area contributed by atoms with Gasteiger partial charge in [0.25, 0.3) is 5.91 Å². The molecule has 0 bridgehead atoms. The van der Waals surface area contributed by atoms with Crippen LogP contribution in [0.25, 0.3) is 22.3 Å². The number of H-pyrrole nitrogens is 1. The highest BCUT2D eigenvalue weighted by atomic mass is 16.2. The van der Waals surface area contributed by atoms with Gasteiger partial charge in [0.2, 0.25) is 0 Å². The Bertz CT molecular complexity index is 1350. The Labute approximate surface area is 192 Å². The van der Waals surface area contributed by atoms with Crippen molar-refractivity contribution in [2.45, 2.75) is 19.3 Å². The maximum absolute atomic E-state index is 12.9. The Morgan fingerprint density at radius 3 is 2.64 bits per heavy atom. The van der Waals surface area contributed by atoms with Crippen molar-refractivity contribution in [1.82, 2.24) is 19.4 Å². The fourth-order valence-corrected chi connectivity index (χ4v) is 4.35. The van der Waals surface area contributed by atoms with Crippen LogP contribution in [0.1, 0.15) is 28.8 Å². The number of nitrogens with zero attached hydrogens (tertiary/aromatic N) is 3. The van der Waals surface area contributed by atoms with Gasteiger partial charge in [0.15, 0.2) is 5.65 Å². The van der Waals surface area contributed by atoms with Crippen LogP contribution in [0.2, 0.25) is 0 Å². The average Bonchev–Trinajstić information content (AvgIpc) is 3.46. The number of anilines is 1. The zero-order valence-corrected chi connectivity index (χ0v) is 18.7. The van der Waals surface area contributed by atoms with Crippen molar-refractivity contribution in [3.63, 3.8) is 0 Å². The van der Waals surface area contributed by atoms with E-state index in [1.54, 1.807) is 19.3 Å². The van der Waals surface area contributed by atoms with E-state index >= 15 is 0 Å². The van der Waals surface area contributed by atoms with Crippen molar-refractivity contribution < 1.29 is 4.79 Å². The number of hydrogen-bond donors (Lipinski definition) is 2. The lowest BCUT2D eigenvalue weighted by molar-refractivity contribution is 0.102. The van der Waals surface area contributed by atoms with Crippen molar-refractivity contribution >= 4 is 22.8 Å². The van der Waals surface area contributed by atoms with Gasteiger partial charge in [-0.3, -0.25) is 14.3 Å². The van der Waals surface area contributed by atoms with Gasteiger partial charge in [0, 0.05) is 36.6 Å². The molecule has 2 aromatic heterocycles. The van der Waals surface area contributed by atoms with E-state index in [9.17, 15) is 9.59 Å². The molecule has 0 spiro atoms. The number of aromatic amines is 1. The second-order valence-corrected chi connectivity index (χ2v) is 8.61. The number of carbonyl (C=O) groups is 1. The Morgan fingerprint density at radius 1 is 1.06 bits per heavy atom. The smallest absolute Gasteiger partial charge is 0.322 e. The maximum atomic E-state index is 12.9. The topological polar surface area (TPSA) is 83.0 Å². The minimum absolute atomic E-state index is 0.162. The molecule has 0 aliphatic carbocycles. The van der Waals surface area contributed by atoms with E-state index in [-0.39, 0.29) is 11.6 Å². The first kappa shape index (κ1) is 21.2. The molecule has 7 heteroatoms. The maximum Gasteiger partial charge on any atom is 0.327 e. The molecule has 1 saturated heterocycles. The largest absolute Gasteiger partial charge is 0.327 e. The number of likely N-dealkylation sites (tertiary alicyclic amines) is 1. The molecule has 2 N–H and O–H groups in total. The summed E-state index contributed by atoms with van der Waals surface area (Å²) in [6, 6.07) is 17.4. The first-order valence-electron chi connectivity index (χ1n) is 11.3. The summed E-state index contributed by atoms with van der Waals surface area (Å²) in [6.45, 7) is 3.51. The molecule has 33 heavy (non-hydrogen) atoms. The van der Waals surface area contributed by atoms with Crippen molar-refractivity contribution in [3.05, 3.63) is 82.4 Å². The Balaban J connectivity index is 1.28. The quantitative estimate of drug-likeness (QED) is 0.477. The zero-order chi connectivity index (χ0) is 22.8. The van der Waals surface area contributed by atoms with Gasteiger partial charge >= 0.3 is 5.69 Å².